The maximum atomic E-state index is 14.0. The van der Waals surface area contributed by atoms with Crippen LogP contribution in [0.1, 0.15) is 39.9 Å². The summed E-state index contributed by atoms with van der Waals surface area (Å²) in [6.07, 6.45) is 3.98. The number of rotatable bonds is 4. The molecule has 0 aliphatic rings. The minimum Gasteiger partial charge on any atom is -0.332 e. The van der Waals surface area contributed by atoms with Gasteiger partial charge in [0.15, 0.2) is 5.67 Å². The van der Waals surface area contributed by atoms with Crippen molar-refractivity contribution in [1.29, 1.82) is 0 Å². The van der Waals surface area contributed by atoms with Crippen molar-refractivity contribution in [2.75, 3.05) is 0 Å². The van der Waals surface area contributed by atoms with Gasteiger partial charge in [0.25, 0.3) is 0 Å². The summed E-state index contributed by atoms with van der Waals surface area (Å²) < 4.78 is 15.9. The molecule has 0 fully saturated rings. The maximum absolute atomic E-state index is 14.0. The van der Waals surface area contributed by atoms with Crippen LogP contribution in [-0.2, 0) is 12.2 Å². The Morgan fingerprint density at radius 3 is 2.71 bits per heavy atom. The van der Waals surface area contributed by atoms with Gasteiger partial charge in [-0.1, -0.05) is 20.8 Å². The third kappa shape index (κ3) is 2.34. The lowest BCUT2D eigenvalue weighted by atomic mass is 10.0. The van der Waals surface area contributed by atoms with Gasteiger partial charge in [0.1, 0.15) is 5.82 Å². The summed E-state index contributed by atoms with van der Waals surface area (Å²) in [5.41, 5.74) is -1.31. The Bertz CT molecular complexity index is 289. The van der Waals surface area contributed by atoms with Crippen LogP contribution in [0.3, 0.4) is 0 Å². The number of alkyl halides is 1. The van der Waals surface area contributed by atoms with E-state index in [2.05, 4.69) is 18.8 Å². The Hall–Kier alpha value is -0.860. The van der Waals surface area contributed by atoms with Crippen molar-refractivity contribution in [3.63, 3.8) is 0 Å². The third-order valence-corrected chi connectivity index (χ3v) is 2.41. The van der Waals surface area contributed by atoms with Crippen LogP contribution in [0, 0.1) is 5.92 Å². The first-order chi connectivity index (χ1) is 6.47. The second-order valence-electron chi connectivity index (χ2n) is 4.35. The van der Waals surface area contributed by atoms with Gasteiger partial charge in [-0.25, -0.2) is 9.37 Å². The Kier molecular flexibility index (Phi) is 3.29. The molecule has 0 amide bonds. The second kappa shape index (κ2) is 4.11. The Morgan fingerprint density at radius 2 is 2.21 bits per heavy atom. The predicted molar refractivity (Wildman–Crippen MR) is 55.8 cm³/mol. The molecular formula is C11H19FN2. The largest absolute Gasteiger partial charge is 0.332 e. The molecule has 0 aliphatic carbocycles. The Morgan fingerprint density at radius 1 is 1.57 bits per heavy atom. The van der Waals surface area contributed by atoms with Crippen LogP contribution >= 0.6 is 0 Å². The van der Waals surface area contributed by atoms with Gasteiger partial charge in [0, 0.05) is 18.9 Å². The lowest BCUT2D eigenvalue weighted by Gasteiger charge is -2.20. The van der Waals surface area contributed by atoms with Gasteiger partial charge in [0.2, 0.25) is 0 Å². The van der Waals surface area contributed by atoms with Gasteiger partial charge in [0.05, 0.1) is 0 Å². The first kappa shape index (κ1) is 11.2. The molecule has 0 radical (unpaired) electrons. The molecule has 0 N–H and O–H groups in total. The highest BCUT2D eigenvalue weighted by atomic mass is 19.1. The topological polar surface area (TPSA) is 17.8 Å². The number of halogens is 1. The van der Waals surface area contributed by atoms with Crippen LogP contribution in [-0.4, -0.2) is 9.55 Å². The zero-order valence-electron chi connectivity index (χ0n) is 9.42. The van der Waals surface area contributed by atoms with E-state index in [1.165, 1.54) is 0 Å². The lowest BCUT2D eigenvalue weighted by Crippen LogP contribution is -2.21. The highest BCUT2D eigenvalue weighted by Crippen LogP contribution is 2.27. The molecule has 0 aromatic carbocycles. The van der Waals surface area contributed by atoms with E-state index >= 15 is 0 Å². The van der Waals surface area contributed by atoms with Gasteiger partial charge in [-0.05, 0) is 19.3 Å². The highest BCUT2D eigenvalue weighted by Gasteiger charge is 2.28. The normalized spacial score (nSPS) is 15.9. The van der Waals surface area contributed by atoms with Crippen molar-refractivity contribution in [2.45, 2.75) is 46.3 Å². The minimum atomic E-state index is -1.31. The quantitative estimate of drug-likeness (QED) is 0.726. The number of hydrogen-bond donors (Lipinski definition) is 0. The molecule has 1 heterocycles. The molecule has 0 bridgehead atoms. The van der Waals surface area contributed by atoms with E-state index in [0.717, 1.165) is 6.54 Å². The van der Waals surface area contributed by atoms with E-state index in [0.29, 0.717) is 18.2 Å². The second-order valence-corrected chi connectivity index (χ2v) is 4.35. The molecule has 1 aromatic heterocycles. The molecule has 1 rings (SSSR count). The standard InChI is InChI=1S/C11H19FN2/c1-5-11(4,12)10-13-6-7-14(10)8-9(2)3/h6-7,9H,5,8H2,1-4H3. The number of aromatic nitrogens is 2. The molecule has 1 aromatic rings. The predicted octanol–water partition coefficient (Wildman–Crippen LogP) is 3.13. The number of hydrogen-bond acceptors (Lipinski definition) is 1. The zero-order valence-corrected chi connectivity index (χ0v) is 9.42. The lowest BCUT2D eigenvalue weighted by molar-refractivity contribution is 0.163. The fourth-order valence-electron chi connectivity index (χ4n) is 1.46. The van der Waals surface area contributed by atoms with E-state index in [4.69, 9.17) is 0 Å². The fourth-order valence-corrected chi connectivity index (χ4v) is 1.46. The average Bonchev–Trinajstić information content (AvgIpc) is 2.52. The molecule has 0 aliphatic heterocycles. The van der Waals surface area contributed by atoms with Crippen molar-refractivity contribution in [3.8, 4) is 0 Å². The van der Waals surface area contributed by atoms with Crippen LogP contribution < -0.4 is 0 Å². The van der Waals surface area contributed by atoms with E-state index in [9.17, 15) is 4.39 Å². The molecular weight excluding hydrogens is 179 g/mol. The summed E-state index contributed by atoms with van der Waals surface area (Å²) in [5, 5.41) is 0. The molecule has 2 nitrogen and oxygen atoms in total. The summed E-state index contributed by atoms with van der Waals surface area (Å²) in [6.45, 7) is 8.49. The zero-order chi connectivity index (χ0) is 10.8. The van der Waals surface area contributed by atoms with Gasteiger partial charge in [-0.3, -0.25) is 0 Å². The van der Waals surface area contributed by atoms with Crippen molar-refractivity contribution in [1.82, 2.24) is 9.55 Å². The van der Waals surface area contributed by atoms with Gasteiger partial charge < -0.3 is 4.57 Å². The van der Waals surface area contributed by atoms with Crippen molar-refractivity contribution in [2.24, 2.45) is 5.92 Å². The molecule has 1 unspecified atom stereocenters. The Balaban J connectivity index is 2.92. The highest BCUT2D eigenvalue weighted by molar-refractivity contribution is 5.03. The minimum absolute atomic E-state index is 0.460. The first-order valence-corrected chi connectivity index (χ1v) is 5.18. The molecule has 0 saturated heterocycles. The summed E-state index contributed by atoms with van der Waals surface area (Å²) in [7, 11) is 0. The number of nitrogens with zero attached hydrogens (tertiary/aromatic N) is 2. The average molecular weight is 198 g/mol. The molecule has 0 saturated carbocycles. The molecule has 3 heteroatoms. The van der Waals surface area contributed by atoms with Crippen molar-refractivity contribution in [3.05, 3.63) is 18.2 Å². The third-order valence-electron chi connectivity index (χ3n) is 2.41. The summed E-state index contributed by atoms with van der Waals surface area (Å²) in [5.74, 6) is 1.06. The van der Waals surface area contributed by atoms with E-state index in [-0.39, 0.29) is 0 Å². The van der Waals surface area contributed by atoms with Crippen molar-refractivity contribution >= 4 is 0 Å². The van der Waals surface area contributed by atoms with E-state index in [1.54, 1.807) is 13.1 Å². The first-order valence-electron chi connectivity index (χ1n) is 5.18. The van der Waals surface area contributed by atoms with Crippen molar-refractivity contribution < 1.29 is 4.39 Å². The van der Waals surface area contributed by atoms with Crippen LogP contribution in [0.2, 0.25) is 0 Å². The summed E-state index contributed by atoms with van der Waals surface area (Å²) >= 11 is 0. The smallest absolute Gasteiger partial charge is 0.165 e. The van der Waals surface area contributed by atoms with Crippen LogP contribution in [0.25, 0.3) is 0 Å². The molecule has 0 spiro atoms. The summed E-state index contributed by atoms with van der Waals surface area (Å²) in [6, 6.07) is 0. The summed E-state index contributed by atoms with van der Waals surface area (Å²) in [4.78, 5) is 4.10. The monoisotopic (exact) mass is 198 g/mol. The van der Waals surface area contributed by atoms with Crippen LogP contribution in [0.5, 0.6) is 0 Å². The Labute approximate surface area is 85.2 Å². The van der Waals surface area contributed by atoms with E-state index in [1.807, 2.05) is 17.7 Å². The van der Waals surface area contributed by atoms with Crippen LogP contribution in [0.4, 0.5) is 4.39 Å². The van der Waals surface area contributed by atoms with Crippen LogP contribution in [0.15, 0.2) is 12.4 Å². The van der Waals surface area contributed by atoms with Gasteiger partial charge >= 0.3 is 0 Å². The fraction of sp³-hybridized carbons (Fsp3) is 0.727. The van der Waals surface area contributed by atoms with Gasteiger partial charge in [-0.15, -0.1) is 0 Å². The van der Waals surface area contributed by atoms with Gasteiger partial charge in [-0.2, -0.15) is 0 Å². The molecule has 1 atom stereocenters. The molecule has 80 valence electrons. The number of imidazole rings is 1. The SMILES string of the molecule is CCC(C)(F)c1nccn1CC(C)C. The molecule has 14 heavy (non-hydrogen) atoms. The van der Waals surface area contributed by atoms with E-state index < -0.39 is 5.67 Å². The maximum Gasteiger partial charge on any atom is 0.165 e.